The van der Waals surface area contributed by atoms with Crippen molar-refractivity contribution in [3.8, 4) is 5.88 Å². The Hall–Kier alpha value is -1.09. The molecule has 0 bridgehead atoms. The Labute approximate surface area is 97.5 Å². The quantitative estimate of drug-likeness (QED) is 0.806. The van der Waals surface area contributed by atoms with E-state index in [4.69, 9.17) is 4.74 Å². The molecule has 1 atom stereocenters. The van der Waals surface area contributed by atoms with E-state index in [-0.39, 0.29) is 0 Å². The van der Waals surface area contributed by atoms with Gasteiger partial charge in [0.2, 0.25) is 5.88 Å². The molecule has 0 saturated heterocycles. The second-order valence-corrected chi connectivity index (χ2v) is 4.07. The van der Waals surface area contributed by atoms with Gasteiger partial charge in [-0.1, -0.05) is 26.7 Å². The summed E-state index contributed by atoms with van der Waals surface area (Å²) in [6.45, 7) is 4.32. The smallest absolute Gasteiger partial charge is 0.212 e. The van der Waals surface area contributed by atoms with Crippen LogP contribution < -0.4 is 4.74 Å². The molecule has 1 N–H and O–H groups in total. The van der Waals surface area contributed by atoms with Gasteiger partial charge >= 0.3 is 0 Å². The van der Waals surface area contributed by atoms with E-state index >= 15 is 0 Å². The van der Waals surface area contributed by atoms with Crippen molar-refractivity contribution in [2.24, 2.45) is 5.92 Å². The second kappa shape index (κ2) is 6.48. The Morgan fingerprint density at radius 2 is 2.00 bits per heavy atom. The summed E-state index contributed by atoms with van der Waals surface area (Å²) in [7, 11) is 1.59. The Morgan fingerprint density at radius 3 is 2.44 bits per heavy atom. The molecule has 0 aliphatic heterocycles. The van der Waals surface area contributed by atoms with Crippen LogP contribution >= 0.6 is 0 Å². The van der Waals surface area contributed by atoms with Crippen LogP contribution in [-0.4, -0.2) is 17.2 Å². The minimum absolute atomic E-state index is 0.414. The third-order valence-electron chi connectivity index (χ3n) is 3.06. The van der Waals surface area contributed by atoms with E-state index < -0.39 is 6.10 Å². The van der Waals surface area contributed by atoms with Crippen LogP contribution in [0, 0.1) is 5.92 Å². The van der Waals surface area contributed by atoms with Crippen molar-refractivity contribution in [3.63, 3.8) is 0 Å². The van der Waals surface area contributed by atoms with Crippen molar-refractivity contribution in [1.82, 2.24) is 4.98 Å². The highest BCUT2D eigenvalue weighted by molar-refractivity contribution is 5.19. The Balaban J connectivity index is 2.61. The maximum Gasteiger partial charge on any atom is 0.212 e. The summed E-state index contributed by atoms with van der Waals surface area (Å²) in [6.07, 6.45) is 4.30. The molecule has 1 aromatic heterocycles. The van der Waals surface area contributed by atoms with Gasteiger partial charge in [-0.25, -0.2) is 4.98 Å². The molecule has 3 nitrogen and oxygen atoms in total. The molecule has 0 aliphatic rings. The molecule has 0 aliphatic carbocycles. The van der Waals surface area contributed by atoms with Crippen LogP contribution in [-0.2, 0) is 0 Å². The molecule has 90 valence electrons. The summed E-state index contributed by atoms with van der Waals surface area (Å²) in [4.78, 5) is 4.09. The predicted octanol–water partition coefficient (Wildman–Crippen LogP) is 2.95. The topological polar surface area (TPSA) is 42.4 Å². The van der Waals surface area contributed by atoms with Gasteiger partial charge in [0.25, 0.3) is 0 Å². The molecule has 0 aromatic carbocycles. The summed E-state index contributed by atoms with van der Waals surface area (Å²) >= 11 is 0. The SMILES string of the molecule is CCC(CC)CC(O)c1ccc(OC)nc1. The first-order chi connectivity index (χ1) is 7.71. The zero-order chi connectivity index (χ0) is 12.0. The van der Waals surface area contributed by atoms with Gasteiger partial charge in [-0.15, -0.1) is 0 Å². The standard InChI is InChI=1S/C13H21NO2/c1-4-10(5-2)8-12(15)11-6-7-13(16-3)14-9-11/h6-7,9-10,12,15H,4-5,8H2,1-3H3. The first kappa shape index (κ1) is 13.0. The van der Waals surface area contributed by atoms with Crippen molar-refractivity contribution in [2.45, 2.75) is 39.2 Å². The van der Waals surface area contributed by atoms with Crippen molar-refractivity contribution >= 4 is 0 Å². The van der Waals surface area contributed by atoms with Crippen LogP contribution in [0.5, 0.6) is 5.88 Å². The number of nitrogens with zero attached hydrogens (tertiary/aromatic N) is 1. The number of methoxy groups -OCH3 is 1. The van der Waals surface area contributed by atoms with E-state index in [1.165, 1.54) is 0 Å². The van der Waals surface area contributed by atoms with Crippen molar-refractivity contribution in [1.29, 1.82) is 0 Å². The summed E-state index contributed by atoms with van der Waals surface area (Å²) in [6, 6.07) is 3.66. The van der Waals surface area contributed by atoms with Gasteiger partial charge in [0.05, 0.1) is 13.2 Å². The first-order valence-electron chi connectivity index (χ1n) is 5.89. The van der Waals surface area contributed by atoms with Crippen LogP contribution in [0.25, 0.3) is 0 Å². The average molecular weight is 223 g/mol. The molecule has 0 radical (unpaired) electrons. The third kappa shape index (κ3) is 3.49. The largest absolute Gasteiger partial charge is 0.481 e. The lowest BCUT2D eigenvalue weighted by molar-refractivity contribution is 0.140. The number of hydrogen-bond donors (Lipinski definition) is 1. The number of rotatable bonds is 6. The molecule has 16 heavy (non-hydrogen) atoms. The summed E-state index contributed by atoms with van der Waals surface area (Å²) < 4.78 is 4.98. The minimum atomic E-state index is -0.414. The lowest BCUT2D eigenvalue weighted by atomic mass is 9.93. The molecule has 0 saturated carbocycles. The molecule has 0 amide bonds. The van der Waals surface area contributed by atoms with E-state index in [0.717, 1.165) is 24.8 Å². The number of ether oxygens (including phenoxy) is 1. The highest BCUT2D eigenvalue weighted by Gasteiger charge is 2.13. The van der Waals surface area contributed by atoms with Gasteiger partial charge in [-0.3, -0.25) is 0 Å². The average Bonchev–Trinajstić information content (AvgIpc) is 2.35. The minimum Gasteiger partial charge on any atom is -0.481 e. The molecule has 1 heterocycles. The Morgan fingerprint density at radius 1 is 1.31 bits per heavy atom. The molecule has 3 heteroatoms. The van der Waals surface area contributed by atoms with Gasteiger partial charge < -0.3 is 9.84 Å². The molecule has 0 spiro atoms. The lowest BCUT2D eigenvalue weighted by Gasteiger charge is -2.17. The lowest BCUT2D eigenvalue weighted by Crippen LogP contribution is -2.06. The van der Waals surface area contributed by atoms with Gasteiger partial charge in [0.1, 0.15) is 0 Å². The van der Waals surface area contributed by atoms with Crippen LogP contribution in [0.2, 0.25) is 0 Å². The normalized spacial score (nSPS) is 12.8. The fraction of sp³-hybridized carbons (Fsp3) is 0.615. The number of hydrogen-bond acceptors (Lipinski definition) is 3. The number of pyridine rings is 1. The van der Waals surface area contributed by atoms with Gasteiger partial charge in [-0.05, 0) is 24.0 Å². The molecule has 1 rings (SSSR count). The van der Waals surface area contributed by atoms with Crippen LogP contribution in [0.1, 0.15) is 44.8 Å². The summed E-state index contributed by atoms with van der Waals surface area (Å²) in [5.41, 5.74) is 0.868. The molecular formula is C13H21NO2. The van der Waals surface area contributed by atoms with E-state index in [1.54, 1.807) is 19.4 Å². The highest BCUT2D eigenvalue weighted by Crippen LogP contribution is 2.25. The van der Waals surface area contributed by atoms with Gasteiger partial charge in [-0.2, -0.15) is 0 Å². The van der Waals surface area contributed by atoms with Crippen LogP contribution in [0.3, 0.4) is 0 Å². The molecular weight excluding hydrogens is 202 g/mol. The van der Waals surface area contributed by atoms with Crippen molar-refractivity contribution < 1.29 is 9.84 Å². The van der Waals surface area contributed by atoms with E-state index in [1.807, 2.05) is 6.07 Å². The Bertz CT molecular complexity index is 293. The zero-order valence-electron chi connectivity index (χ0n) is 10.3. The van der Waals surface area contributed by atoms with Crippen LogP contribution in [0.15, 0.2) is 18.3 Å². The second-order valence-electron chi connectivity index (χ2n) is 4.07. The van der Waals surface area contributed by atoms with Crippen LogP contribution in [0.4, 0.5) is 0 Å². The third-order valence-corrected chi connectivity index (χ3v) is 3.06. The molecule has 1 aromatic rings. The summed E-state index contributed by atoms with van der Waals surface area (Å²) in [5, 5.41) is 10.0. The summed E-state index contributed by atoms with van der Waals surface area (Å²) in [5.74, 6) is 1.16. The van der Waals surface area contributed by atoms with Gasteiger partial charge in [0, 0.05) is 12.3 Å². The fourth-order valence-electron chi connectivity index (χ4n) is 1.78. The maximum atomic E-state index is 10.0. The first-order valence-corrected chi connectivity index (χ1v) is 5.89. The zero-order valence-corrected chi connectivity index (χ0v) is 10.3. The van der Waals surface area contributed by atoms with E-state index in [0.29, 0.717) is 11.8 Å². The number of aliphatic hydroxyl groups excluding tert-OH is 1. The van der Waals surface area contributed by atoms with Crippen molar-refractivity contribution in [2.75, 3.05) is 7.11 Å². The predicted molar refractivity (Wildman–Crippen MR) is 64.4 cm³/mol. The molecule has 0 fully saturated rings. The van der Waals surface area contributed by atoms with E-state index in [9.17, 15) is 5.11 Å². The Kier molecular flexibility index (Phi) is 5.26. The maximum absolute atomic E-state index is 10.0. The monoisotopic (exact) mass is 223 g/mol. The fourth-order valence-corrected chi connectivity index (χ4v) is 1.78. The van der Waals surface area contributed by atoms with Gasteiger partial charge in [0.15, 0.2) is 0 Å². The van der Waals surface area contributed by atoms with Crippen molar-refractivity contribution in [3.05, 3.63) is 23.9 Å². The highest BCUT2D eigenvalue weighted by atomic mass is 16.5. The number of aliphatic hydroxyl groups is 1. The van der Waals surface area contributed by atoms with E-state index in [2.05, 4.69) is 18.8 Å². The molecule has 1 unspecified atom stereocenters. The number of aromatic nitrogens is 1.